The van der Waals surface area contributed by atoms with Crippen LogP contribution in [0, 0.1) is 0 Å². The van der Waals surface area contributed by atoms with Gasteiger partial charge in [0.25, 0.3) is 11.8 Å². The van der Waals surface area contributed by atoms with E-state index in [2.05, 4.69) is 15.2 Å². The number of hydrogen-bond acceptors (Lipinski definition) is 6. The second-order valence-electron chi connectivity index (χ2n) is 8.42. The van der Waals surface area contributed by atoms with Crippen LogP contribution in [0.4, 0.5) is 11.4 Å². The van der Waals surface area contributed by atoms with Gasteiger partial charge in [-0.15, -0.1) is 11.3 Å². The first kappa shape index (κ1) is 23.6. The van der Waals surface area contributed by atoms with Crippen LogP contribution >= 0.6 is 11.3 Å². The molecule has 2 aromatic heterocycles. The van der Waals surface area contributed by atoms with E-state index in [0.717, 1.165) is 29.2 Å². The van der Waals surface area contributed by atoms with Gasteiger partial charge in [-0.3, -0.25) is 9.59 Å². The molecule has 0 radical (unpaired) electrons. The average Bonchev–Trinajstić information content (AvgIpc) is 3.48. The summed E-state index contributed by atoms with van der Waals surface area (Å²) >= 11 is 1.48. The lowest BCUT2D eigenvalue weighted by atomic mass is 10.2. The predicted molar refractivity (Wildman–Crippen MR) is 142 cm³/mol. The zero-order chi connectivity index (χ0) is 24.7. The zero-order valence-corrected chi connectivity index (χ0v) is 20.5. The number of thiophene rings is 1. The number of hydrogen-bond donors (Lipinski definition) is 1. The molecule has 1 fully saturated rings. The van der Waals surface area contributed by atoms with E-state index < -0.39 is 0 Å². The second kappa shape index (κ2) is 11.0. The number of anilines is 2. The number of carbonyl (C=O) groups excluding carboxylic acids is 2. The molecule has 5 rings (SSSR count). The molecule has 1 aliphatic heterocycles. The highest BCUT2D eigenvalue weighted by molar-refractivity contribution is 7.12. The van der Waals surface area contributed by atoms with Crippen molar-refractivity contribution in [3.05, 3.63) is 106 Å². The van der Waals surface area contributed by atoms with Crippen molar-refractivity contribution in [2.45, 2.75) is 6.61 Å². The molecule has 2 aromatic carbocycles. The molecule has 1 N–H and O–H groups in total. The smallest absolute Gasteiger partial charge is 0.264 e. The van der Waals surface area contributed by atoms with Crippen molar-refractivity contribution in [2.24, 2.45) is 0 Å². The molecule has 0 saturated carbocycles. The van der Waals surface area contributed by atoms with Gasteiger partial charge in [-0.05, 0) is 47.3 Å². The van der Waals surface area contributed by atoms with E-state index in [1.165, 1.54) is 17.5 Å². The summed E-state index contributed by atoms with van der Waals surface area (Å²) in [5.74, 6) is 0.343. The Labute approximate surface area is 214 Å². The maximum Gasteiger partial charge on any atom is 0.264 e. The molecule has 2 amide bonds. The lowest BCUT2D eigenvalue weighted by molar-refractivity contribution is 0.0751. The first-order chi connectivity index (χ1) is 17.7. The molecule has 4 aromatic rings. The Kier molecular flexibility index (Phi) is 7.23. The Morgan fingerprint density at radius 2 is 1.67 bits per heavy atom. The highest BCUT2D eigenvalue weighted by Crippen LogP contribution is 2.21. The van der Waals surface area contributed by atoms with Gasteiger partial charge in [0.15, 0.2) is 0 Å². The maximum absolute atomic E-state index is 12.6. The largest absolute Gasteiger partial charge is 0.473 e. The monoisotopic (exact) mass is 498 g/mol. The summed E-state index contributed by atoms with van der Waals surface area (Å²) in [5, 5.41) is 4.84. The highest BCUT2D eigenvalue weighted by atomic mass is 32.1. The van der Waals surface area contributed by atoms with E-state index in [-0.39, 0.29) is 11.8 Å². The van der Waals surface area contributed by atoms with E-state index >= 15 is 0 Å². The van der Waals surface area contributed by atoms with E-state index in [4.69, 9.17) is 4.74 Å². The third-order valence-electron chi connectivity index (χ3n) is 6.02. The molecule has 182 valence electrons. The van der Waals surface area contributed by atoms with Crippen molar-refractivity contribution >= 4 is 34.5 Å². The molecule has 7 nitrogen and oxygen atoms in total. The molecule has 0 unspecified atom stereocenters. The quantitative estimate of drug-likeness (QED) is 0.391. The molecule has 36 heavy (non-hydrogen) atoms. The van der Waals surface area contributed by atoms with Crippen LogP contribution in [0.1, 0.15) is 25.6 Å². The Balaban J connectivity index is 1.11. The van der Waals surface area contributed by atoms with Crippen LogP contribution in [-0.4, -0.2) is 47.9 Å². The standard InChI is InChI=1S/C28H26N4O3S/c33-27(22-8-13-26(29-19-22)35-20-21-5-2-1-3-6-21)30-23-9-11-24(12-10-23)31-14-16-32(17-15-31)28(34)25-7-4-18-36-25/h1-13,18-19H,14-17,20H2,(H,30,33). The van der Waals surface area contributed by atoms with Gasteiger partial charge in [-0.1, -0.05) is 36.4 Å². The summed E-state index contributed by atoms with van der Waals surface area (Å²) in [6, 6.07) is 24.8. The fourth-order valence-electron chi connectivity index (χ4n) is 4.01. The molecular formula is C28H26N4O3S. The number of piperazine rings is 1. The second-order valence-corrected chi connectivity index (χ2v) is 9.36. The van der Waals surface area contributed by atoms with E-state index in [1.807, 2.05) is 77.0 Å². The van der Waals surface area contributed by atoms with Crippen LogP contribution in [0.15, 0.2) is 90.4 Å². The maximum atomic E-state index is 12.6. The number of benzene rings is 2. The van der Waals surface area contributed by atoms with Crippen molar-refractivity contribution < 1.29 is 14.3 Å². The zero-order valence-electron chi connectivity index (χ0n) is 19.7. The van der Waals surface area contributed by atoms with Gasteiger partial charge in [0.2, 0.25) is 5.88 Å². The van der Waals surface area contributed by atoms with Gasteiger partial charge in [-0.2, -0.15) is 0 Å². The predicted octanol–water partition coefficient (Wildman–Crippen LogP) is 4.94. The van der Waals surface area contributed by atoms with Crippen LogP contribution in [0.2, 0.25) is 0 Å². The van der Waals surface area contributed by atoms with Crippen molar-refractivity contribution in [3.63, 3.8) is 0 Å². The first-order valence-corrected chi connectivity index (χ1v) is 12.7. The minimum atomic E-state index is -0.231. The summed E-state index contributed by atoms with van der Waals surface area (Å²) < 4.78 is 5.69. The number of nitrogens with zero attached hydrogens (tertiary/aromatic N) is 3. The molecule has 3 heterocycles. The van der Waals surface area contributed by atoms with Gasteiger partial charge in [-0.25, -0.2) is 4.98 Å². The van der Waals surface area contributed by atoms with Crippen LogP contribution in [0.3, 0.4) is 0 Å². The molecule has 1 aliphatic rings. The average molecular weight is 499 g/mol. The van der Waals surface area contributed by atoms with E-state index in [1.54, 1.807) is 12.1 Å². The minimum Gasteiger partial charge on any atom is -0.473 e. The van der Waals surface area contributed by atoms with E-state index in [0.29, 0.717) is 36.8 Å². The Bertz CT molecular complexity index is 1290. The summed E-state index contributed by atoms with van der Waals surface area (Å²) in [6.45, 7) is 3.34. The number of aromatic nitrogens is 1. The Morgan fingerprint density at radius 3 is 2.33 bits per heavy atom. The van der Waals surface area contributed by atoms with Gasteiger partial charge < -0.3 is 19.9 Å². The number of amides is 2. The molecular weight excluding hydrogens is 472 g/mol. The normalized spacial score (nSPS) is 13.3. The number of carbonyl (C=O) groups is 2. The van der Waals surface area contributed by atoms with Crippen molar-refractivity contribution in [3.8, 4) is 5.88 Å². The molecule has 0 atom stereocenters. The molecule has 0 aliphatic carbocycles. The van der Waals surface area contributed by atoms with E-state index in [9.17, 15) is 9.59 Å². The lowest BCUT2D eigenvalue weighted by Gasteiger charge is -2.36. The third kappa shape index (κ3) is 5.72. The van der Waals surface area contributed by atoms with Gasteiger partial charge in [0.05, 0.1) is 10.4 Å². The van der Waals surface area contributed by atoms with Crippen LogP contribution < -0.4 is 15.0 Å². The Morgan fingerprint density at radius 1 is 0.889 bits per heavy atom. The number of rotatable bonds is 7. The lowest BCUT2D eigenvalue weighted by Crippen LogP contribution is -2.48. The van der Waals surface area contributed by atoms with Crippen LogP contribution in [0.25, 0.3) is 0 Å². The summed E-state index contributed by atoms with van der Waals surface area (Å²) in [4.78, 5) is 34.4. The molecule has 1 saturated heterocycles. The van der Waals surface area contributed by atoms with Crippen LogP contribution in [-0.2, 0) is 6.61 Å². The first-order valence-electron chi connectivity index (χ1n) is 11.8. The number of pyridine rings is 1. The van der Waals surface area contributed by atoms with Gasteiger partial charge in [0, 0.05) is 49.8 Å². The van der Waals surface area contributed by atoms with Gasteiger partial charge in [0.1, 0.15) is 6.61 Å². The summed E-state index contributed by atoms with van der Waals surface area (Å²) in [7, 11) is 0. The third-order valence-corrected chi connectivity index (χ3v) is 6.88. The van der Waals surface area contributed by atoms with Gasteiger partial charge >= 0.3 is 0 Å². The highest BCUT2D eigenvalue weighted by Gasteiger charge is 2.22. The summed E-state index contributed by atoms with van der Waals surface area (Å²) in [5.41, 5.74) is 3.29. The fraction of sp³-hybridized carbons (Fsp3) is 0.179. The molecule has 8 heteroatoms. The number of ether oxygens (including phenoxy) is 1. The summed E-state index contributed by atoms with van der Waals surface area (Å²) in [6.07, 6.45) is 1.51. The molecule has 0 bridgehead atoms. The molecule has 0 spiro atoms. The van der Waals surface area contributed by atoms with Crippen molar-refractivity contribution in [2.75, 3.05) is 36.4 Å². The van der Waals surface area contributed by atoms with Crippen LogP contribution in [0.5, 0.6) is 5.88 Å². The number of nitrogens with one attached hydrogen (secondary N) is 1. The topological polar surface area (TPSA) is 74.8 Å². The SMILES string of the molecule is O=C(Nc1ccc(N2CCN(C(=O)c3cccs3)CC2)cc1)c1ccc(OCc2ccccc2)nc1. The fourth-order valence-corrected chi connectivity index (χ4v) is 4.70. The van der Waals surface area contributed by atoms with Crippen molar-refractivity contribution in [1.29, 1.82) is 0 Å². The Hall–Kier alpha value is -4.17. The van der Waals surface area contributed by atoms with Crippen molar-refractivity contribution in [1.82, 2.24) is 9.88 Å². The minimum absolute atomic E-state index is 0.105.